The van der Waals surface area contributed by atoms with Gasteiger partial charge in [0.25, 0.3) is 11.8 Å². The maximum atomic E-state index is 12.6. The fraction of sp³-hybridized carbons (Fsp3) is 0.0714. The molecule has 11 heteroatoms. The molecule has 1 aliphatic rings. The van der Waals surface area contributed by atoms with E-state index >= 15 is 0 Å². The van der Waals surface area contributed by atoms with Crippen LogP contribution in [0.3, 0.4) is 0 Å². The molecule has 2 heterocycles. The van der Waals surface area contributed by atoms with Gasteiger partial charge in [0.05, 0.1) is 25.2 Å². The number of rotatable bonds is 8. The Morgan fingerprint density at radius 1 is 0.872 bits per heavy atom. The molecule has 1 aromatic heterocycles. The van der Waals surface area contributed by atoms with Crippen molar-refractivity contribution in [1.82, 2.24) is 5.43 Å². The van der Waals surface area contributed by atoms with E-state index in [0.717, 1.165) is 0 Å². The van der Waals surface area contributed by atoms with Gasteiger partial charge in [-0.15, -0.1) is 0 Å². The Morgan fingerprint density at radius 3 is 2.56 bits per heavy atom. The largest absolute Gasteiger partial charge is 0.493 e. The smallest absolute Gasteiger partial charge is 0.343 e. The number of fused-ring (bicyclic) bond motifs is 1. The van der Waals surface area contributed by atoms with Crippen LogP contribution in [0.1, 0.15) is 36.8 Å². The summed E-state index contributed by atoms with van der Waals surface area (Å²) in [5, 5.41) is 6.64. The molecular weight excluding hydrogens is 506 g/mol. The zero-order chi connectivity index (χ0) is 27.2. The predicted octanol–water partition coefficient (Wildman–Crippen LogP) is 4.25. The fourth-order valence-electron chi connectivity index (χ4n) is 3.60. The second kappa shape index (κ2) is 11.2. The molecule has 0 saturated heterocycles. The fourth-order valence-corrected chi connectivity index (χ4v) is 3.60. The molecule has 2 amide bonds. The van der Waals surface area contributed by atoms with Gasteiger partial charge in [-0.2, -0.15) is 5.10 Å². The van der Waals surface area contributed by atoms with Crippen LogP contribution in [0.15, 0.2) is 88.6 Å². The number of anilines is 1. The van der Waals surface area contributed by atoms with Crippen LogP contribution < -0.4 is 29.7 Å². The van der Waals surface area contributed by atoms with Crippen LogP contribution in [0.2, 0.25) is 0 Å². The van der Waals surface area contributed by atoms with Crippen molar-refractivity contribution in [2.45, 2.75) is 0 Å². The minimum Gasteiger partial charge on any atom is -0.493 e. The number of benzene rings is 3. The van der Waals surface area contributed by atoms with E-state index in [2.05, 4.69) is 15.8 Å². The van der Waals surface area contributed by atoms with Crippen LogP contribution in [0.4, 0.5) is 5.69 Å². The molecule has 0 aliphatic carbocycles. The van der Waals surface area contributed by atoms with Crippen molar-refractivity contribution in [1.29, 1.82) is 0 Å². The molecule has 0 atom stereocenters. The van der Waals surface area contributed by atoms with Gasteiger partial charge in [-0.25, -0.2) is 10.2 Å². The Labute approximate surface area is 221 Å². The van der Waals surface area contributed by atoms with Gasteiger partial charge in [-0.05, 0) is 72.3 Å². The van der Waals surface area contributed by atoms with Crippen LogP contribution in [0, 0.1) is 0 Å². The minimum absolute atomic E-state index is 0.0994. The Hall–Kier alpha value is -5.58. The van der Waals surface area contributed by atoms with Crippen LogP contribution in [-0.2, 0) is 0 Å². The molecule has 0 spiro atoms. The van der Waals surface area contributed by atoms with E-state index in [1.807, 2.05) is 0 Å². The minimum atomic E-state index is -0.595. The first-order valence-electron chi connectivity index (χ1n) is 11.6. The number of methoxy groups -OCH3 is 1. The summed E-state index contributed by atoms with van der Waals surface area (Å²) in [6.07, 6.45) is 2.81. The molecule has 0 fully saturated rings. The first-order valence-corrected chi connectivity index (χ1v) is 11.6. The third-order valence-corrected chi connectivity index (χ3v) is 5.51. The van der Waals surface area contributed by atoms with Gasteiger partial charge >= 0.3 is 5.97 Å². The van der Waals surface area contributed by atoms with Gasteiger partial charge in [-0.1, -0.05) is 6.07 Å². The molecule has 39 heavy (non-hydrogen) atoms. The number of nitrogens with one attached hydrogen (secondary N) is 2. The molecular formula is C28H21N3O8. The summed E-state index contributed by atoms with van der Waals surface area (Å²) in [5.74, 6) is 0.159. The van der Waals surface area contributed by atoms with Gasteiger partial charge in [0.1, 0.15) is 0 Å². The second-order valence-electron chi connectivity index (χ2n) is 8.08. The lowest BCUT2D eigenvalue weighted by Crippen LogP contribution is -2.18. The van der Waals surface area contributed by atoms with E-state index in [9.17, 15) is 14.4 Å². The average molecular weight is 527 g/mol. The summed E-state index contributed by atoms with van der Waals surface area (Å²) in [7, 11) is 1.44. The molecule has 4 aromatic rings. The molecule has 0 saturated carbocycles. The Bertz CT molecular complexity index is 1560. The molecule has 0 unspecified atom stereocenters. The van der Waals surface area contributed by atoms with Crippen LogP contribution >= 0.6 is 0 Å². The maximum Gasteiger partial charge on any atom is 0.343 e. The maximum absolute atomic E-state index is 12.6. The van der Waals surface area contributed by atoms with Gasteiger partial charge < -0.3 is 28.7 Å². The van der Waals surface area contributed by atoms with Gasteiger partial charge in [0.2, 0.25) is 6.79 Å². The molecule has 2 N–H and O–H groups in total. The van der Waals surface area contributed by atoms with Crippen molar-refractivity contribution >= 4 is 29.7 Å². The number of hydrazone groups is 1. The average Bonchev–Trinajstić information content (AvgIpc) is 3.66. The van der Waals surface area contributed by atoms with Crippen molar-refractivity contribution in [2.24, 2.45) is 5.10 Å². The normalized spacial score (nSPS) is 11.7. The van der Waals surface area contributed by atoms with Gasteiger partial charge in [-0.3, -0.25) is 9.59 Å². The molecule has 196 valence electrons. The number of ether oxygens (including phenoxy) is 4. The lowest BCUT2D eigenvalue weighted by Gasteiger charge is -2.10. The highest BCUT2D eigenvalue weighted by atomic mass is 16.7. The summed E-state index contributed by atoms with van der Waals surface area (Å²) in [6, 6.07) is 19.1. The number of furan rings is 1. The first kappa shape index (κ1) is 25.1. The monoisotopic (exact) mass is 527 g/mol. The summed E-state index contributed by atoms with van der Waals surface area (Å²) in [6.45, 7) is 0.0994. The topological polar surface area (TPSA) is 138 Å². The van der Waals surface area contributed by atoms with E-state index in [4.69, 9.17) is 23.4 Å². The molecule has 11 nitrogen and oxygen atoms in total. The third-order valence-electron chi connectivity index (χ3n) is 5.51. The molecule has 1 aliphatic heterocycles. The zero-order valence-electron chi connectivity index (χ0n) is 20.5. The summed E-state index contributed by atoms with van der Waals surface area (Å²) >= 11 is 0. The van der Waals surface area contributed by atoms with Crippen LogP contribution in [0.5, 0.6) is 23.0 Å². The number of carbonyl (C=O) groups excluding carboxylic acids is 3. The van der Waals surface area contributed by atoms with Crippen molar-refractivity contribution in [2.75, 3.05) is 19.2 Å². The molecule has 0 radical (unpaired) electrons. The Kier molecular flexibility index (Phi) is 7.21. The highest BCUT2D eigenvalue weighted by molar-refractivity contribution is 6.03. The standard InChI is InChI=1S/C28H21N3O8/c1-35-24-12-17(7-9-22(24)39-28(34)19-8-10-21-25(14-19)38-16-37-21)15-29-31-26(32)18-4-2-5-20(13-18)30-27(33)23-6-3-11-36-23/h2-15H,16H2,1H3,(H,30,33)(H,31,32). The number of esters is 1. The van der Waals surface area contributed by atoms with Crippen molar-refractivity contribution < 1.29 is 37.7 Å². The number of amides is 2. The zero-order valence-corrected chi connectivity index (χ0v) is 20.5. The van der Waals surface area contributed by atoms with E-state index < -0.39 is 17.8 Å². The van der Waals surface area contributed by atoms with E-state index in [0.29, 0.717) is 34.1 Å². The van der Waals surface area contributed by atoms with Crippen LogP contribution in [-0.4, -0.2) is 37.9 Å². The number of nitrogens with zero attached hydrogens (tertiary/aromatic N) is 1. The van der Waals surface area contributed by atoms with Crippen molar-refractivity contribution in [3.8, 4) is 23.0 Å². The molecule has 3 aromatic carbocycles. The molecule has 0 bridgehead atoms. The lowest BCUT2D eigenvalue weighted by molar-refractivity contribution is 0.0728. The van der Waals surface area contributed by atoms with Crippen molar-refractivity contribution in [3.63, 3.8) is 0 Å². The Balaban J connectivity index is 1.20. The summed E-state index contributed by atoms with van der Waals surface area (Å²) in [4.78, 5) is 37.3. The first-order chi connectivity index (χ1) is 19.0. The number of hydrogen-bond acceptors (Lipinski definition) is 9. The Morgan fingerprint density at radius 2 is 1.74 bits per heavy atom. The van der Waals surface area contributed by atoms with Crippen LogP contribution in [0.25, 0.3) is 0 Å². The second-order valence-corrected chi connectivity index (χ2v) is 8.08. The summed E-state index contributed by atoms with van der Waals surface area (Å²) < 4.78 is 26.5. The lowest BCUT2D eigenvalue weighted by atomic mass is 10.2. The summed E-state index contributed by atoms with van der Waals surface area (Å²) in [5.41, 5.74) is 4.01. The van der Waals surface area contributed by atoms with Gasteiger partial charge in [0, 0.05) is 11.3 Å². The molecule has 5 rings (SSSR count). The number of carbonyl (C=O) groups is 3. The van der Waals surface area contributed by atoms with E-state index in [1.165, 1.54) is 31.7 Å². The SMILES string of the molecule is COc1cc(C=NNC(=O)c2cccc(NC(=O)c3ccco3)c2)ccc1OC(=O)c1ccc2c(c1)OCO2. The predicted molar refractivity (Wildman–Crippen MR) is 139 cm³/mol. The highest BCUT2D eigenvalue weighted by Crippen LogP contribution is 2.34. The van der Waals surface area contributed by atoms with E-state index in [1.54, 1.807) is 60.7 Å². The quantitative estimate of drug-likeness (QED) is 0.150. The highest BCUT2D eigenvalue weighted by Gasteiger charge is 2.19. The van der Waals surface area contributed by atoms with E-state index in [-0.39, 0.29) is 23.9 Å². The third kappa shape index (κ3) is 5.88. The van der Waals surface area contributed by atoms with Gasteiger partial charge in [0.15, 0.2) is 28.8 Å². The van der Waals surface area contributed by atoms with Crippen molar-refractivity contribution in [3.05, 3.63) is 102 Å². The number of hydrogen-bond donors (Lipinski definition) is 2.